The van der Waals surface area contributed by atoms with Gasteiger partial charge in [-0.3, -0.25) is 0 Å². The Morgan fingerprint density at radius 3 is 2.69 bits per heavy atom. The van der Waals surface area contributed by atoms with E-state index in [1.54, 1.807) is 19.1 Å². The standard InChI is InChI=1S/C9H12ClNO2/c1-9(11,5-12)6-3-2-4-7(13)8(6)10/h2-4,12-13H,5,11H2,1H3/t9-/m0/s1. The second kappa shape index (κ2) is 3.54. The van der Waals surface area contributed by atoms with Crippen LogP contribution >= 0.6 is 11.6 Å². The van der Waals surface area contributed by atoms with Crippen LogP contribution in [0.4, 0.5) is 0 Å². The summed E-state index contributed by atoms with van der Waals surface area (Å²) >= 11 is 5.82. The summed E-state index contributed by atoms with van der Waals surface area (Å²) in [6.45, 7) is 1.42. The molecule has 1 aromatic rings. The average Bonchev–Trinajstić information content (AvgIpc) is 2.09. The van der Waals surface area contributed by atoms with Crippen LogP contribution in [-0.4, -0.2) is 16.8 Å². The van der Waals surface area contributed by atoms with Crippen molar-refractivity contribution in [1.29, 1.82) is 0 Å². The van der Waals surface area contributed by atoms with E-state index in [0.29, 0.717) is 5.56 Å². The van der Waals surface area contributed by atoms with Gasteiger partial charge in [-0.25, -0.2) is 0 Å². The molecule has 72 valence electrons. The molecule has 0 unspecified atom stereocenters. The number of aliphatic hydroxyl groups is 1. The van der Waals surface area contributed by atoms with Gasteiger partial charge in [-0.15, -0.1) is 0 Å². The summed E-state index contributed by atoms with van der Waals surface area (Å²) in [6.07, 6.45) is 0. The zero-order valence-electron chi connectivity index (χ0n) is 7.29. The maximum atomic E-state index is 9.29. The molecule has 13 heavy (non-hydrogen) atoms. The van der Waals surface area contributed by atoms with Gasteiger partial charge in [0.15, 0.2) is 0 Å². The Balaban J connectivity index is 3.22. The lowest BCUT2D eigenvalue weighted by molar-refractivity contribution is 0.210. The number of phenols is 1. The van der Waals surface area contributed by atoms with Crippen LogP contribution in [0.1, 0.15) is 12.5 Å². The lowest BCUT2D eigenvalue weighted by Crippen LogP contribution is -2.37. The van der Waals surface area contributed by atoms with E-state index in [1.807, 2.05) is 0 Å². The third kappa shape index (κ3) is 1.94. The van der Waals surface area contributed by atoms with Crippen LogP contribution in [0.2, 0.25) is 5.02 Å². The summed E-state index contributed by atoms with van der Waals surface area (Å²) in [5.74, 6) is -0.0238. The van der Waals surface area contributed by atoms with Crippen LogP contribution in [0.25, 0.3) is 0 Å². The fraction of sp³-hybridized carbons (Fsp3) is 0.333. The molecule has 0 saturated heterocycles. The van der Waals surface area contributed by atoms with Crippen molar-refractivity contribution in [2.75, 3.05) is 6.61 Å². The molecule has 4 N–H and O–H groups in total. The summed E-state index contributed by atoms with van der Waals surface area (Å²) in [4.78, 5) is 0. The summed E-state index contributed by atoms with van der Waals surface area (Å²) in [6, 6.07) is 4.79. The molecule has 0 aromatic heterocycles. The molecular weight excluding hydrogens is 190 g/mol. The number of hydrogen-bond acceptors (Lipinski definition) is 3. The molecule has 0 aliphatic rings. The lowest BCUT2D eigenvalue weighted by Gasteiger charge is -2.23. The first-order chi connectivity index (χ1) is 5.99. The number of rotatable bonds is 2. The van der Waals surface area contributed by atoms with E-state index >= 15 is 0 Å². The van der Waals surface area contributed by atoms with Gasteiger partial charge in [0, 0.05) is 0 Å². The number of nitrogens with two attached hydrogens (primary N) is 1. The smallest absolute Gasteiger partial charge is 0.134 e. The summed E-state index contributed by atoms with van der Waals surface area (Å²) in [5, 5.41) is 18.5. The van der Waals surface area contributed by atoms with Crippen molar-refractivity contribution in [3.05, 3.63) is 28.8 Å². The lowest BCUT2D eigenvalue weighted by atomic mass is 9.94. The molecule has 0 spiro atoms. The van der Waals surface area contributed by atoms with E-state index in [1.165, 1.54) is 6.07 Å². The highest BCUT2D eigenvalue weighted by molar-refractivity contribution is 6.32. The molecule has 3 nitrogen and oxygen atoms in total. The largest absolute Gasteiger partial charge is 0.506 e. The van der Waals surface area contributed by atoms with Crippen molar-refractivity contribution in [2.45, 2.75) is 12.5 Å². The van der Waals surface area contributed by atoms with Gasteiger partial charge in [-0.1, -0.05) is 23.7 Å². The quantitative estimate of drug-likeness (QED) is 0.674. The Labute approximate surface area is 81.8 Å². The van der Waals surface area contributed by atoms with Crippen molar-refractivity contribution < 1.29 is 10.2 Å². The number of halogens is 1. The van der Waals surface area contributed by atoms with Crippen LogP contribution in [-0.2, 0) is 5.54 Å². The minimum Gasteiger partial charge on any atom is -0.506 e. The Kier molecular flexibility index (Phi) is 2.81. The molecule has 0 fully saturated rings. The number of hydrogen-bond donors (Lipinski definition) is 3. The Bertz CT molecular complexity index is 312. The minimum atomic E-state index is -0.921. The molecule has 0 amide bonds. The summed E-state index contributed by atoms with van der Waals surface area (Å²) in [7, 11) is 0. The van der Waals surface area contributed by atoms with Gasteiger partial charge in [-0.05, 0) is 18.6 Å². The van der Waals surface area contributed by atoms with Crippen molar-refractivity contribution in [3.63, 3.8) is 0 Å². The molecule has 0 aliphatic heterocycles. The van der Waals surface area contributed by atoms with Gasteiger partial charge >= 0.3 is 0 Å². The van der Waals surface area contributed by atoms with E-state index in [4.69, 9.17) is 22.4 Å². The van der Waals surface area contributed by atoms with Crippen LogP contribution in [0.3, 0.4) is 0 Å². The fourth-order valence-electron chi connectivity index (χ4n) is 1.05. The SMILES string of the molecule is C[C@](N)(CO)c1cccc(O)c1Cl. The van der Waals surface area contributed by atoms with Crippen molar-refractivity contribution in [1.82, 2.24) is 0 Å². The van der Waals surface area contributed by atoms with E-state index in [-0.39, 0.29) is 17.4 Å². The monoisotopic (exact) mass is 201 g/mol. The van der Waals surface area contributed by atoms with Crippen LogP contribution in [0, 0.1) is 0 Å². The van der Waals surface area contributed by atoms with E-state index in [2.05, 4.69) is 0 Å². The van der Waals surface area contributed by atoms with Gasteiger partial charge in [0.1, 0.15) is 5.75 Å². The third-order valence-corrected chi connectivity index (χ3v) is 2.32. The molecule has 1 aromatic carbocycles. The molecular formula is C9H12ClNO2. The average molecular weight is 202 g/mol. The van der Waals surface area contributed by atoms with Gasteiger partial charge in [0.25, 0.3) is 0 Å². The van der Waals surface area contributed by atoms with Crippen molar-refractivity contribution >= 4 is 11.6 Å². The maximum absolute atomic E-state index is 9.29. The predicted molar refractivity (Wildman–Crippen MR) is 51.7 cm³/mol. The van der Waals surface area contributed by atoms with Crippen molar-refractivity contribution in [2.24, 2.45) is 5.73 Å². The molecule has 0 heterocycles. The van der Waals surface area contributed by atoms with Crippen LogP contribution in [0.15, 0.2) is 18.2 Å². The highest BCUT2D eigenvalue weighted by atomic mass is 35.5. The molecule has 1 rings (SSSR count). The maximum Gasteiger partial charge on any atom is 0.134 e. The normalized spacial score (nSPS) is 15.4. The molecule has 0 radical (unpaired) electrons. The summed E-state index contributed by atoms with van der Waals surface area (Å²) in [5.41, 5.74) is 5.38. The molecule has 0 bridgehead atoms. The Hall–Kier alpha value is -0.770. The highest BCUT2D eigenvalue weighted by Crippen LogP contribution is 2.32. The topological polar surface area (TPSA) is 66.5 Å². The predicted octanol–water partition coefficient (Wildman–Crippen LogP) is 1.21. The highest BCUT2D eigenvalue weighted by Gasteiger charge is 2.23. The molecule has 0 saturated carbocycles. The van der Waals surface area contributed by atoms with E-state index < -0.39 is 5.54 Å². The van der Waals surface area contributed by atoms with Crippen molar-refractivity contribution in [3.8, 4) is 5.75 Å². The third-order valence-electron chi connectivity index (χ3n) is 1.92. The molecule has 4 heteroatoms. The second-order valence-corrected chi connectivity index (χ2v) is 3.59. The number of aliphatic hydroxyl groups excluding tert-OH is 1. The number of aromatic hydroxyl groups is 1. The first-order valence-electron chi connectivity index (χ1n) is 3.87. The second-order valence-electron chi connectivity index (χ2n) is 3.21. The first kappa shape index (κ1) is 10.3. The van der Waals surface area contributed by atoms with E-state index in [0.717, 1.165) is 0 Å². The summed E-state index contributed by atoms with van der Waals surface area (Å²) < 4.78 is 0. The molecule has 1 atom stereocenters. The van der Waals surface area contributed by atoms with Gasteiger partial charge in [0.2, 0.25) is 0 Å². The number of benzene rings is 1. The Morgan fingerprint density at radius 1 is 1.54 bits per heavy atom. The Morgan fingerprint density at radius 2 is 2.15 bits per heavy atom. The van der Waals surface area contributed by atoms with Gasteiger partial charge < -0.3 is 15.9 Å². The zero-order valence-corrected chi connectivity index (χ0v) is 8.04. The fourth-order valence-corrected chi connectivity index (χ4v) is 1.39. The zero-order chi connectivity index (χ0) is 10.1. The van der Waals surface area contributed by atoms with E-state index in [9.17, 15) is 5.11 Å². The van der Waals surface area contributed by atoms with Gasteiger partial charge in [-0.2, -0.15) is 0 Å². The number of phenolic OH excluding ortho intramolecular Hbond substituents is 1. The molecule has 0 aliphatic carbocycles. The minimum absolute atomic E-state index is 0.0238. The van der Waals surface area contributed by atoms with Crippen LogP contribution in [0.5, 0.6) is 5.75 Å². The van der Waals surface area contributed by atoms with Crippen LogP contribution < -0.4 is 5.73 Å². The van der Waals surface area contributed by atoms with Gasteiger partial charge in [0.05, 0.1) is 17.2 Å². The first-order valence-corrected chi connectivity index (χ1v) is 4.24.